The molecule has 0 aliphatic heterocycles. The van der Waals surface area contributed by atoms with Crippen molar-refractivity contribution in [3.05, 3.63) is 34.9 Å². The number of nitrogens with zero attached hydrogens (tertiary/aromatic N) is 1. The maximum Gasteiger partial charge on any atom is 0.0697 e. The van der Waals surface area contributed by atoms with Crippen LogP contribution >= 0.6 is 0 Å². The van der Waals surface area contributed by atoms with Gasteiger partial charge in [0.25, 0.3) is 0 Å². The summed E-state index contributed by atoms with van der Waals surface area (Å²) in [6, 6.07) is 8.76. The average molecular weight is 216 g/mol. The minimum atomic E-state index is -0.292. The molecule has 16 heavy (non-hydrogen) atoms. The third-order valence-electron chi connectivity index (χ3n) is 2.77. The van der Waals surface area contributed by atoms with Gasteiger partial charge in [0.15, 0.2) is 0 Å². The van der Waals surface area contributed by atoms with Gasteiger partial charge in [0, 0.05) is 13.1 Å². The van der Waals surface area contributed by atoms with Crippen LogP contribution in [0.2, 0.25) is 0 Å². The molecule has 0 aliphatic rings. The molecule has 0 radical (unpaired) electrons. The molecule has 1 rings (SSSR count). The van der Waals surface area contributed by atoms with Crippen LogP contribution in [-0.2, 0) is 6.54 Å². The molecule has 0 spiro atoms. The van der Waals surface area contributed by atoms with Crippen molar-refractivity contribution in [2.45, 2.75) is 34.2 Å². The molecule has 0 unspecified atom stereocenters. The zero-order valence-corrected chi connectivity index (χ0v) is 10.6. The number of hydrogen-bond acceptors (Lipinski definition) is 2. The molecule has 0 amide bonds. The van der Waals surface area contributed by atoms with E-state index in [4.69, 9.17) is 5.26 Å². The highest BCUT2D eigenvalue weighted by Crippen LogP contribution is 2.12. The molecule has 0 fully saturated rings. The summed E-state index contributed by atoms with van der Waals surface area (Å²) in [5, 5.41) is 12.2. The summed E-state index contributed by atoms with van der Waals surface area (Å²) in [4.78, 5) is 0. The average Bonchev–Trinajstić information content (AvgIpc) is 2.23. The Kier molecular flexibility index (Phi) is 4.09. The van der Waals surface area contributed by atoms with Crippen LogP contribution in [0.5, 0.6) is 0 Å². The summed E-state index contributed by atoms with van der Waals surface area (Å²) < 4.78 is 0. The van der Waals surface area contributed by atoms with E-state index >= 15 is 0 Å². The second-order valence-electron chi connectivity index (χ2n) is 5.02. The smallest absolute Gasteiger partial charge is 0.0697 e. The van der Waals surface area contributed by atoms with Crippen molar-refractivity contribution in [3.8, 4) is 6.07 Å². The zero-order chi connectivity index (χ0) is 12.2. The normalized spacial score (nSPS) is 11.2. The molecule has 1 N–H and O–H groups in total. The van der Waals surface area contributed by atoms with Crippen LogP contribution in [0.1, 0.15) is 30.5 Å². The summed E-state index contributed by atoms with van der Waals surface area (Å²) in [7, 11) is 0. The van der Waals surface area contributed by atoms with Gasteiger partial charge in [0.1, 0.15) is 0 Å². The highest BCUT2D eigenvalue weighted by molar-refractivity contribution is 5.29. The first-order chi connectivity index (χ1) is 7.44. The first-order valence-electron chi connectivity index (χ1n) is 5.63. The zero-order valence-electron chi connectivity index (χ0n) is 10.6. The Morgan fingerprint density at radius 3 is 2.50 bits per heavy atom. The lowest BCUT2D eigenvalue weighted by Crippen LogP contribution is -2.27. The van der Waals surface area contributed by atoms with E-state index in [0.717, 1.165) is 13.1 Å². The minimum Gasteiger partial charge on any atom is -0.311 e. The topological polar surface area (TPSA) is 35.8 Å². The van der Waals surface area contributed by atoms with E-state index in [0.29, 0.717) is 0 Å². The fourth-order valence-corrected chi connectivity index (χ4v) is 1.47. The maximum absolute atomic E-state index is 8.88. The molecule has 0 aromatic heterocycles. The van der Waals surface area contributed by atoms with Crippen molar-refractivity contribution in [3.63, 3.8) is 0 Å². The molecule has 1 aromatic carbocycles. The largest absolute Gasteiger partial charge is 0.311 e. The van der Waals surface area contributed by atoms with Crippen molar-refractivity contribution >= 4 is 0 Å². The summed E-state index contributed by atoms with van der Waals surface area (Å²) in [5.74, 6) is 0. The van der Waals surface area contributed by atoms with E-state index in [9.17, 15) is 0 Å². The predicted octanol–water partition coefficient (Wildman–Crippen LogP) is 2.94. The second-order valence-corrected chi connectivity index (χ2v) is 5.02. The van der Waals surface area contributed by atoms with E-state index in [2.05, 4.69) is 43.4 Å². The molecule has 1 aromatic rings. The van der Waals surface area contributed by atoms with Gasteiger partial charge >= 0.3 is 0 Å². The summed E-state index contributed by atoms with van der Waals surface area (Å²) in [6.45, 7) is 9.67. The maximum atomic E-state index is 8.88. The Morgan fingerprint density at radius 1 is 1.25 bits per heavy atom. The number of rotatable bonds is 4. The molecule has 0 bridgehead atoms. The van der Waals surface area contributed by atoms with Gasteiger partial charge in [-0.05, 0) is 44.4 Å². The predicted molar refractivity (Wildman–Crippen MR) is 67.0 cm³/mol. The molecule has 0 atom stereocenters. The number of nitriles is 1. The van der Waals surface area contributed by atoms with E-state index in [-0.39, 0.29) is 5.41 Å². The van der Waals surface area contributed by atoms with Crippen LogP contribution in [-0.4, -0.2) is 6.54 Å². The van der Waals surface area contributed by atoms with E-state index in [1.807, 2.05) is 13.8 Å². The quantitative estimate of drug-likeness (QED) is 0.840. The van der Waals surface area contributed by atoms with Crippen molar-refractivity contribution in [1.82, 2.24) is 5.32 Å². The summed E-state index contributed by atoms with van der Waals surface area (Å²) in [6.07, 6.45) is 0. The Labute approximate surface area is 98.3 Å². The third kappa shape index (κ3) is 3.67. The number of benzene rings is 1. The van der Waals surface area contributed by atoms with Crippen molar-refractivity contribution in [1.29, 1.82) is 5.26 Å². The van der Waals surface area contributed by atoms with Crippen molar-refractivity contribution < 1.29 is 0 Å². The molecule has 0 saturated heterocycles. The SMILES string of the molecule is Cc1ccc(CNCC(C)(C)C#N)cc1C. The van der Waals surface area contributed by atoms with E-state index in [1.54, 1.807) is 0 Å². The van der Waals surface area contributed by atoms with Crippen molar-refractivity contribution in [2.24, 2.45) is 5.41 Å². The fraction of sp³-hybridized carbons (Fsp3) is 0.500. The first kappa shape index (κ1) is 12.7. The first-order valence-corrected chi connectivity index (χ1v) is 5.63. The molecular formula is C14H20N2. The summed E-state index contributed by atoms with van der Waals surface area (Å²) >= 11 is 0. The molecular weight excluding hydrogens is 196 g/mol. The number of aryl methyl sites for hydroxylation is 2. The third-order valence-corrected chi connectivity index (χ3v) is 2.77. The van der Waals surface area contributed by atoms with Crippen LogP contribution in [0.25, 0.3) is 0 Å². The van der Waals surface area contributed by atoms with Gasteiger partial charge in [-0.25, -0.2) is 0 Å². The molecule has 2 nitrogen and oxygen atoms in total. The fourth-order valence-electron chi connectivity index (χ4n) is 1.47. The van der Waals surface area contributed by atoms with Crippen LogP contribution in [0.3, 0.4) is 0 Å². The second kappa shape index (κ2) is 5.14. The van der Waals surface area contributed by atoms with E-state index in [1.165, 1.54) is 16.7 Å². The van der Waals surface area contributed by atoms with Gasteiger partial charge in [0.2, 0.25) is 0 Å². The lowest BCUT2D eigenvalue weighted by atomic mass is 9.96. The highest BCUT2D eigenvalue weighted by atomic mass is 14.9. The highest BCUT2D eigenvalue weighted by Gasteiger charge is 2.15. The van der Waals surface area contributed by atoms with Gasteiger partial charge in [-0.2, -0.15) is 5.26 Å². The molecule has 0 heterocycles. The summed E-state index contributed by atoms with van der Waals surface area (Å²) in [5.41, 5.74) is 3.62. The lowest BCUT2D eigenvalue weighted by molar-refractivity contribution is 0.445. The Bertz CT molecular complexity index is 400. The van der Waals surface area contributed by atoms with Crippen LogP contribution < -0.4 is 5.32 Å². The van der Waals surface area contributed by atoms with Crippen LogP contribution in [0, 0.1) is 30.6 Å². The monoisotopic (exact) mass is 216 g/mol. The van der Waals surface area contributed by atoms with Gasteiger partial charge < -0.3 is 5.32 Å². The molecule has 0 aliphatic carbocycles. The van der Waals surface area contributed by atoms with Gasteiger partial charge in [0.05, 0.1) is 11.5 Å². The van der Waals surface area contributed by atoms with Gasteiger partial charge in [-0.1, -0.05) is 18.2 Å². The Morgan fingerprint density at radius 2 is 1.94 bits per heavy atom. The van der Waals surface area contributed by atoms with E-state index < -0.39 is 0 Å². The molecule has 2 heteroatoms. The van der Waals surface area contributed by atoms with Crippen LogP contribution in [0.15, 0.2) is 18.2 Å². The van der Waals surface area contributed by atoms with Crippen molar-refractivity contribution in [2.75, 3.05) is 6.54 Å². The Hall–Kier alpha value is -1.33. The van der Waals surface area contributed by atoms with Gasteiger partial charge in [-0.15, -0.1) is 0 Å². The van der Waals surface area contributed by atoms with Gasteiger partial charge in [-0.3, -0.25) is 0 Å². The Balaban J connectivity index is 2.50. The standard InChI is InChI=1S/C14H20N2/c1-11-5-6-13(7-12(11)2)8-16-10-14(3,4)9-15/h5-7,16H,8,10H2,1-4H3. The number of nitrogens with one attached hydrogen (secondary N) is 1. The molecule has 86 valence electrons. The lowest BCUT2D eigenvalue weighted by Gasteiger charge is -2.16. The number of hydrogen-bond donors (Lipinski definition) is 1. The molecule has 0 saturated carbocycles. The minimum absolute atomic E-state index is 0.292. The van der Waals surface area contributed by atoms with Crippen LogP contribution in [0.4, 0.5) is 0 Å².